The smallest absolute Gasteiger partial charge is 0.274 e. The van der Waals surface area contributed by atoms with Crippen LogP contribution in [0.4, 0.5) is 0 Å². The number of thioether (sulfide) groups is 1. The Morgan fingerprint density at radius 2 is 2.22 bits per heavy atom. The lowest BCUT2D eigenvalue weighted by atomic mass is 10.1. The molecule has 5 nitrogen and oxygen atoms in total. The van der Waals surface area contributed by atoms with Gasteiger partial charge in [0, 0.05) is 31.1 Å². The minimum Gasteiger partial charge on any atom is -0.336 e. The molecule has 0 aliphatic carbocycles. The molecule has 1 aromatic heterocycles. The number of carbonyl (C=O) groups excluding carboxylic acids is 1. The molecule has 0 aromatic carbocycles. The highest BCUT2D eigenvalue weighted by atomic mass is 35.5. The molecular weight excluding hydrogens is 332 g/mol. The van der Waals surface area contributed by atoms with Crippen LogP contribution >= 0.6 is 24.2 Å². The molecule has 0 saturated carbocycles. The summed E-state index contributed by atoms with van der Waals surface area (Å²) in [6.07, 6.45) is 9.97. The molecule has 1 aromatic rings. The van der Waals surface area contributed by atoms with E-state index in [1.54, 1.807) is 0 Å². The molecule has 7 heteroatoms. The molecule has 1 amide bonds. The van der Waals surface area contributed by atoms with Crippen molar-refractivity contribution in [3.8, 4) is 0 Å². The fourth-order valence-corrected chi connectivity index (χ4v) is 4.09. The first-order chi connectivity index (χ1) is 10.8. The van der Waals surface area contributed by atoms with E-state index in [1.165, 1.54) is 19.3 Å². The Labute approximate surface area is 149 Å². The average Bonchev–Trinajstić information content (AvgIpc) is 2.93. The predicted octanol–water partition coefficient (Wildman–Crippen LogP) is 2.59. The summed E-state index contributed by atoms with van der Waals surface area (Å²) in [6, 6.07) is 2.27. The summed E-state index contributed by atoms with van der Waals surface area (Å²) in [5, 5.41) is 8.53. The van der Waals surface area contributed by atoms with E-state index in [0.717, 1.165) is 39.0 Å². The number of halogens is 1. The van der Waals surface area contributed by atoms with Crippen molar-refractivity contribution in [3.05, 3.63) is 18.0 Å². The van der Waals surface area contributed by atoms with Crippen LogP contribution in [0.5, 0.6) is 0 Å². The van der Waals surface area contributed by atoms with Gasteiger partial charge in [-0.15, -0.1) is 12.4 Å². The maximum atomic E-state index is 12.7. The Bertz CT molecular complexity index is 504. The fraction of sp³-hybridized carbons (Fsp3) is 0.750. The summed E-state index contributed by atoms with van der Waals surface area (Å²) in [7, 11) is 0. The highest BCUT2D eigenvalue weighted by Crippen LogP contribution is 2.22. The largest absolute Gasteiger partial charge is 0.336 e. The van der Waals surface area contributed by atoms with Crippen LogP contribution in [0.25, 0.3) is 0 Å². The molecule has 0 bridgehead atoms. The van der Waals surface area contributed by atoms with Crippen molar-refractivity contribution in [3.63, 3.8) is 0 Å². The lowest BCUT2D eigenvalue weighted by Gasteiger charge is -2.24. The first-order valence-corrected chi connectivity index (χ1v) is 9.64. The molecular formula is C16H27ClN4OS. The van der Waals surface area contributed by atoms with Gasteiger partial charge in [0.05, 0.1) is 6.04 Å². The van der Waals surface area contributed by atoms with Gasteiger partial charge in [-0.3, -0.25) is 9.48 Å². The van der Waals surface area contributed by atoms with E-state index in [9.17, 15) is 4.79 Å². The molecule has 1 N–H and O–H groups in total. The molecule has 2 unspecified atom stereocenters. The van der Waals surface area contributed by atoms with E-state index >= 15 is 0 Å². The van der Waals surface area contributed by atoms with Crippen molar-refractivity contribution >= 4 is 30.1 Å². The van der Waals surface area contributed by atoms with E-state index < -0.39 is 0 Å². The second-order valence-corrected chi connectivity index (χ2v) is 7.42. The number of nitrogens with one attached hydrogen (secondary N) is 1. The van der Waals surface area contributed by atoms with Crippen LogP contribution in [-0.4, -0.2) is 58.3 Å². The van der Waals surface area contributed by atoms with Crippen molar-refractivity contribution in [1.82, 2.24) is 20.0 Å². The Morgan fingerprint density at radius 3 is 2.96 bits per heavy atom. The molecule has 2 aliphatic heterocycles. The Balaban J connectivity index is 0.00000192. The van der Waals surface area contributed by atoms with E-state index in [0.29, 0.717) is 17.0 Å². The van der Waals surface area contributed by atoms with Gasteiger partial charge in [0.25, 0.3) is 5.91 Å². The molecule has 2 fully saturated rings. The van der Waals surface area contributed by atoms with E-state index in [2.05, 4.69) is 16.7 Å². The number of likely N-dealkylation sites (tertiary alicyclic amines) is 1. The topological polar surface area (TPSA) is 50.2 Å². The first-order valence-electron chi connectivity index (χ1n) is 8.36. The first kappa shape index (κ1) is 18.6. The SMILES string of the molecule is CSC1CCCCN(C(=O)c2ccn(C3CCCNC3)n2)C1.Cl. The van der Waals surface area contributed by atoms with Crippen LogP contribution in [0.2, 0.25) is 0 Å². The lowest BCUT2D eigenvalue weighted by molar-refractivity contribution is 0.0756. The van der Waals surface area contributed by atoms with Crippen LogP contribution in [-0.2, 0) is 0 Å². The molecule has 3 heterocycles. The molecule has 3 rings (SSSR count). The van der Waals surface area contributed by atoms with Gasteiger partial charge in [-0.2, -0.15) is 16.9 Å². The van der Waals surface area contributed by atoms with Crippen molar-refractivity contribution in [2.24, 2.45) is 0 Å². The van der Waals surface area contributed by atoms with Gasteiger partial charge >= 0.3 is 0 Å². The second kappa shape index (κ2) is 8.94. The van der Waals surface area contributed by atoms with Gasteiger partial charge in [-0.05, 0) is 44.6 Å². The second-order valence-electron chi connectivity index (χ2n) is 6.29. The van der Waals surface area contributed by atoms with Gasteiger partial charge in [0.2, 0.25) is 0 Å². The molecule has 130 valence electrons. The lowest BCUT2D eigenvalue weighted by Crippen LogP contribution is -2.36. The predicted molar refractivity (Wildman–Crippen MR) is 97.7 cm³/mol. The summed E-state index contributed by atoms with van der Waals surface area (Å²) in [5.41, 5.74) is 0.604. The minimum absolute atomic E-state index is 0. The van der Waals surface area contributed by atoms with E-state index in [-0.39, 0.29) is 18.3 Å². The van der Waals surface area contributed by atoms with Gasteiger partial charge < -0.3 is 10.2 Å². The van der Waals surface area contributed by atoms with Crippen LogP contribution in [0.3, 0.4) is 0 Å². The van der Waals surface area contributed by atoms with Gasteiger partial charge in [-0.1, -0.05) is 6.42 Å². The van der Waals surface area contributed by atoms with E-state index in [1.807, 2.05) is 33.6 Å². The Morgan fingerprint density at radius 1 is 1.35 bits per heavy atom. The van der Waals surface area contributed by atoms with Crippen LogP contribution < -0.4 is 5.32 Å². The Kier molecular flexibility index (Phi) is 7.24. The zero-order chi connectivity index (χ0) is 15.4. The summed E-state index contributed by atoms with van der Waals surface area (Å²) in [5.74, 6) is 0.100. The zero-order valence-corrected chi connectivity index (χ0v) is 15.4. The highest BCUT2D eigenvalue weighted by Gasteiger charge is 2.25. The Hall–Kier alpha value is -0.720. The molecule has 2 saturated heterocycles. The van der Waals surface area contributed by atoms with Crippen molar-refractivity contribution in [1.29, 1.82) is 0 Å². The van der Waals surface area contributed by atoms with Gasteiger partial charge in [0.15, 0.2) is 0 Å². The maximum absolute atomic E-state index is 12.7. The van der Waals surface area contributed by atoms with Gasteiger partial charge in [-0.25, -0.2) is 0 Å². The zero-order valence-electron chi connectivity index (χ0n) is 13.7. The van der Waals surface area contributed by atoms with Crippen LogP contribution in [0.15, 0.2) is 12.3 Å². The molecule has 0 spiro atoms. The number of piperidine rings is 1. The number of rotatable bonds is 3. The summed E-state index contributed by atoms with van der Waals surface area (Å²) in [6.45, 7) is 3.77. The summed E-state index contributed by atoms with van der Waals surface area (Å²) < 4.78 is 1.98. The number of nitrogens with zero attached hydrogens (tertiary/aromatic N) is 3. The standard InChI is InChI=1S/C16H26N4OS.ClH/c1-22-14-6-2-3-9-19(12-14)16(21)15-7-10-20(18-15)13-5-4-8-17-11-13;/h7,10,13-14,17H,2-6,8-9,11-12H2,1H3;1H. The molecule has 2 aliphatic rings. The van der Waals surface area contributed by atoms with E-state index in [4.69, 9.17) is 0 Å². The molecule has 23 heavy (non-hydrogen) atoms. The summed E-state index contributed by atoms with van der Waals surface area (Å²) >= 11 is 1.88. The quantitative estimate of drug-likeness (QED) is 0.902. The normalized spacial score (nSPS) is 25.5. The van der Waals surface area contributed by atoms with Crippen LogP contribution in [0.1, 0.15) is 48.6 Å². The maximum Gasteiger partial charge on any atom is 0.274 e. The average molecular weight is 359 g/mol. The third-order valence-corrected chi connectivity index (χ3v) is 5.77. The number of hydrogen-bond donors (Lipinski definition) is 1. The third-order valence-electron chi connectivity index (χ3n) is 4.72. The van der Waals surface area contributed by atoms with Crippen LogP contribution in [0, 0.1) is 0 Å². The number of carbonyl (C=O) groups is 1. The van der Waals surface area contributed by atoms with Crippen molar-refractivity contribution in [2.75, 3.05) is 32.4 Å². The molecule has 2 atom stereocenters. The minimum atomic E-state index is 0. The number of hydrogen-bond acceptors (Lipinski definition) is 4. The number of amides is 1. The highest BCUT2D eigenvalue weighted by molar-refractivity contribution is 7.99. The third kappa shape index (κ3) is 4.64. The van der Waals surface area contributed by atoms with Crippen molar-refractivity contribution in [2.45, 2.75) is 43.4 Å². The van der Waals surface area contributed by atoms with Gasteiger partial charge in [0.1, 0.15) is 5.69 Å². The molecule has 0 radical (unpaired) electrons. The fourth-order valence-electron chi connectivity index (χ4n) is 3.36. The number of aromatic nitrogens is 2. The monoisotopic (exact) mass is 358 g/mol. The summed E-state index contributed by atoms with van der Waals surface area (Å²) in [4.78, 5) is 14.7. The van der Waals surface area contributed by atoms with Crippen molar-refractivity contribution < 1.29 is 4.79 Å².